The zero-order valence-electron chi connectivity index (χ0n) is 20.1. The lowest BCUT2D eigenvalue weighted by atomic mass is 9.98. The number of aliphatic hydroxyl groups excluding tert-OH is 1. The van der Waals surface area contributed by atoms with Crippen LogP contribution in [0.1, 0.15) is 23.7 Å². The van der Waals surface area contributed by atoms with Crippen LogP contribution in [0.5, 0.6) is 5.75 Å². The highest BCUT2D eigenvalue weighted by atomic mass is 32.2. The molecular formula is C28H28N4O4S. The minimum absolute atomic E-state index is 0.0227. The number of nitrogens with one attached hydrogen (secondary N) is 2. The lowest BCUT2D eigenvalue weighted by Crippen LogP contribution is -2.36. The van der Waals surface area contributed by atoms with E-state index in [9.17, 15) is 13.5 Å². The van der Waals surface area contributed by atoms with Crippen LogP contribution in [-0.2, 0) is 16.4 Å². The molecule has 0 aliphatic carbocycles. The molecular weight excluding hydrogens is 488 g/mol. The molecule has 2 aromatic carbocycles. The number of nitrogens with zero attached hydrogens (tertiary/aromatic N) is 2. The van der Waals surface area contributed by atoms with Crippen molar-refractivity contribution in [2.75, 3.05) is 17.8 Å². The fourth-order valence-corrected chi connectivity index (χ4v) is 5.32. The molecule has 2 aromatic heterocycles. The average Bonchev–Trinajstić information content (AvgIpc) is 2.94. The molecule has 3 N–H and O–H groups in total. The molecule has 3 heterocycles. The highest BCUT2D eigenvalue weighted by molar-refractivity contribution is 7.92. The molecule has 8 nitrogen and oxygen atoms in total. The Bertz CT molecular complexity index is 1430. The van der Waals surface area contributed by atoms with Crippen LogP contribution in [0.25, 0.3) is 11.3 Å². The molecule has 0 bridgehead atoms. The minimum atomic E-state index is -3.66. The van der Waals surface area contributed by atoms with Crippen molar-refractivity contribution < 1.29 is 18.3 Å². The molecule has 2 atom stereocenters. The first kappa shape index (κ1) is 24.9. The Morgan fingerprint density at radius 3 is 2.65 bits per heavy atom. The van der Waals surface area contributed by atoms with Crippen molar-refractivity contribution in [2.24, 2.45) is 0 Å². The van der Waals surface area contributed by atoms with Gasteiger partial charge in [-0.3, -0.25) is 14.7 Å². The molecule has 0 unspecified atom stereocenters. The van der Waals surface area contributed by atoms with Crippen LogP contribution in [0.15, 0.2) is 96.3 Å². The topological polar surface area (TPSA) is 113 Å². The molecule has 4 aromatic rings. The van der Waals surface area contributed by atoms with Gasteiger partial charge in [-0.2, -0.15) is 0 Å². The standard InChI is InChI=1S/C28H28N4O4S/c33-27(22-5-4-14-29-16-22)19-30-18-24-11-8-21-15-20(9-13-28(21)36-24)26-12-10-23(17-31-26)32-37(34,35)25-6-2-1-3-7-25/h1-7,9-10,12-17,24,27,30,32-33H,8,11,18-19H2/t24-,27+/m1/s1. The first-order valence-corrected chi connectivity index (χ1v) is 13.6. The van der Waals surface area contributed by atoms with Gasteiger partial charge in [-0.25, -0.2) is 8.42 Å². The van der Waals surface area contributed by atoms with Gasteiger partial charge in [0.15, 0.2) is 0 Å². The molecule has 0 fully saturated rings. The predicted molar refractivity (Wildman–Crippen MR) is 142 cm³/mol. The van der Waals surface area contributed by atoms with Crippen molar-refractivity contribution in [3.63, 3.8) is 0 Å². The molecule has 0 saturated heterocycles. The molecule has 9 heteroatoms. The van der Waals surface area contributed by atoms with Crippen molar-refractivity contribution in [3.8, 4) is 17.0 Å². The fourth-order valence-electron chi connectivity index (χ4n) is 4.26. The quantitative estimate of drug-likeness (QED) is 0.309. The van der Waals surface area contributed by atoms with Crippen molar-refractivity contribution in [2.45, 2.75) is 29.9 Å². The number of benzene rings is 2. The number of sulfonamides is 1. The first-order valence-electron chi connectivity index (χ1n) is 12.1. The van der Waals surface area contributed by atoms with Crippen LogP contribution in [0.2, 0.25) is 0 Å². The number of rotatable bonds is 9. The summed E-state index contributed by atoms with van der Waals surface area (Å²) < 4.78 is 33.8. The normalized spacial score (nSPS) is 15.9. The number of hydrogen-bond donors (Lipinski definition) is 3. The van der Waals surface area contributed by atoms with E-state index in [2.05, 4.69) is 26.1 Å². The Balaban J connectivity index is 1.17. The van der Waals surface area contributed by atoms with Crippen LogP contribution < -0.4 is 14.8 Å². The van der Waals surface area contributed by atoms with E-state index in [0.717, 1.165) is 41.0 Å². The van der Waals surface area contributed by atoms with E-state index in [1.807, 2.05) is 24.3 Å². The maximum absolute atomic E-state index is 12.5. The summed E-state index contributed by atoms with van der Waals surface area (Å²) in [6.45, 7) is 1.07. The van der Waals surface area contributed by atoms with Gasteiger partial charge in [0.25, 0.3) is 10.0 Å². The summed E-state index contributed by atoms with van der Waals surface area (Å²) in [4.78, 5) is 8.71. The molecule has 1 aliphatic heterocycles. The molecule has 0 saturated carbocycles. The van der Waals surface area contributed by atoms with Crippen LogP contribution in [0.3, 0.4) is 0 Å². The largest absolute Gasteiger partial charge is 0.489 e. The summed E-state index contributed by atoms with van der Waals surface area (Å²) in [5, 5.41) is 13.6. The van der Waals surface area contributed by atoms with E-state index >= 15 is 0 Å². The molecule has 190 valence electrons. The number of ether oxygens (including phenoxy) is 1. The zero-order chi connectivity index (χ0) is 25.7. The van der Waals surface area contributed by atoms with Crippen molar-refractivity contribution in [1.29, 1.82) is 0 Å². The van der Waals surface area contributed by atoms with E-state index in [1.54, 1.807) is 54.9 Å². The number of hydrogen-bond acceptors (Lipinski definition) is 7. The number of aryl methyl sites for hydroxylation is 1. The van der Waals surface area contributed by atoms with Crippen LogP contribution in [-0.4, -0.2) is 42.7 Å². The molecule has 5 rings (SSSR count). The van der Waals surface area contributed by atoms with Crippen LogP contribution in [0, 0.1) is 0 Å². The Labute approximate surface area is 216 Å². The minimum Gasteiger partial charge on any atom is -0.489 e. The van der Waals surface area contributed by atoms with E-state index in [1.165, 1.54) is 6.20 Å². The summed E-state index contributed by atoms with van der Waals surface area (Å²) in [6, 6.07) is 21.4. The maximum atomic E-state index is 12.5. The monoisotopic (exact) mass is 516 g/mol. The highest BCUT2D eigenvalue weighted by Crippen LogP contribution is 2.32. The van der Waals surface area contributed by atoms with Crippen molar-refractivity contribution in [3.05, 3.63) is 103 Å². The predicted octanol–water partition coefficient (Wildman–Crippen LogP) is 3.96. The summed E-state index contributed by atoms with van der Waals surface area (Å²) in [5.41, 5.74) is 3.99. The second kappa shape index (κ2) is 11.1. The summed E-state index contributed by atoms with van der Waals surface area (Å²) in [6.07, 6.45) is 6.02. The van der Waals surface area contributed by atoms with Crippen LogP contribution in [0.4, 0.5) is 5.69 Å². The van der Waals surface area contributed by atoms with Gasteiger partial charge >= 0.3 is 0 Å². The average molecular weight is 517 g/mol. The van der Waals surface area contributed by atoms with E-state index in [4.69, 9.17) is 4.74 Å². The summed E-state index contributed by atoms with van der Waals surface area (Å²) in [7, 11) is -3.66. The second-order valence-corrected chi connectivity index (χ2v) is 10.6. The Morgan fingerprint density at radius 1 is 1.03 bits per heavy atom. The Morgan fingerprint density at radius 2 is 1.89 bits per heavy atom. The lowest BCUT2D eigenvalue weighted by Gasteiger charge is -2.27. The number of aromatic nitrogens is 2. The summed E-state index contributed by atoms with van der Waals surface area (Å²) >= 11 is 0. The van der Waals surface area contributed by atoms with Gasteiger partial charge in [-0.1, -0.05) is 24.3 Å². The van der Waals surface area contributed by atoms with Gasteiger partial charge in [-0.05, 0) is 66.9 Å². The zero-order valence-corrected chi connectivity index (χ0v) is 20.9. The maximum Gasteiger partial charge on any atom is 0.261 e. The van der Waals surface area contributed by atoms with Gasteiger partial charge in [-0.15, -0.1) is 0 Å². The smallest absolute Gasteiger partial charge is 0.261 e. The van der Waals surface area contributed by atoms with E-state index in [0.29, 0.717) is 18.8 Å². The molecule has 0 amide bonds. The van der Waals surface area contributed by atoms with E-state index in [-0.39, 0.29) is 11.0 Å². The third-order valence-electron chi connectivity index (χ3n) is 6.23. The fraction of sp³-hybridized carbons (Fsp3) is 0.214. The third kappa shape index (κ3) is 6.14. The van der Waals surface area contributed by atoms with E-state index < -0.39 is 16.1 Å². The molecule has 1 aliphatic rings. The number of aliphatic hydroxyl groups is 1. The van der Waals surface area contributed by atoms with Gasteiger partial charge < -0.3 is 15.2 Å². The SMILES string of the molecule is O=S(=O)(Nc1ccc(-c2ccc3c(c2)CC[C@H](CNC[C@H](O)c2cccnc2)O3)nc1)c1ccccc1. The van der Waals surface area contributed by atoms with Gasteiger partial charge in [0.1, 0.15) is 11.9 Å². The molecule has 37 heavy (non-hydrogen) atoms. The number of fused-ring (bicyclic) bond motifs is 1. The first-order chi connectivity index (χ1) is 18.0. The van der Waals surface area contributed by atoms with Crippen molar-refractivity contribution >= 4 is 15.7 Å². The van der Waals surface area contributed by atoms with Gasteiger partial charge in [0.2, 0.25) is 0 Å². The van der Waals surface area contributed by atoms with Gasteiger partial charge in [0, 0.05) is 36.6 Å². The molecule has 0 radical (unpaired) electrons. The number of pyridine rings is 2. The third-order valence-corrected chi connectivity index (χ3v) is 7.63. The second-order valence-electron chi connectivity index (χ2n) is 8.91. The molecule has 0 spiro atoms. The number of anilines is 1. The van der Waals surface area contributed by atoms with Crippen molar-refractivity contribution in [1.82, 2.24) is 15.3 Å². The highest BCUT2D eigenvalue weighted by Gasteiger charge is 2.21. The summed E-state index contributed by atoms with van der Waals surface area (Å²) in [5.74, 6) is 0.849. The lowest BCUT2D eigenvalue weighted by molar-refractivity contribution is 0.146. The van der Waals surface area contributed by atoms with Crippen LogP contribution >= 0.6 is 0 Å². The van der Waals surface area contributed by atoms with Gasteiger partial charge in [0.05, 0.1) is 28.6 Å². The Kier molecular flexibility index (Phi) is 7.45. The Hall–Kier alpha value is -3.79.